The van der Waals surface area contributed by atoms with Crippen LogP contribution in [0, 0.1) is 0 Å². The second-order valence-electron chi connectivity index (χ2n) is 4.54. The zero-order valence-electron chi connectivity index (χ0n) is 11.5. The normalized spacial score (nSPS) is 12.3. The standard InChI is InChI=1S/C13H20N6O/c1-20-9-12(6-3-7-14)15-11-5-2-4-10(8-11)13-16-18-19-17-13/h2,4-5,8,12,15H,3,6-7,9,14H2,1H3,(H,16,17,18,19). The molecule has 1 heterocycles. The number of ether oxygens (including phenoxy) is 1. The lowest BCUT2D eigenvalue weighted by Crippen LogP contribution is -2.25. The van der Waals surface area contributed by atoms with Crippen LogP contribution in [0.15, 0.2) is 24.3 Å². The molecule has 108 valence electrons. The molecule has 0 radical (unpaired) electrons. The van der Waals surface area contributed by atoms with E-state index in [0.29, 0.717) is 19.0 Å². The van der Waals surface area contributed by atoms with Crippen molar-refractivity contribution in [3.63, 3.8) is 0 Å². The molecule has 4 N–H and O–H groups in total. The predicted molar refractivity (Wildman–Crippen MR) is 77.2 cm³/mol. The highest BCUT2D eigenvalue weighted by atomic mass is 16.5. The number of aromatic nitrogens is 4. The Morgan fingerprint density at radius 3 is 3.05 bits per heavy atom. The maximum absolute atomic E-state index is 5.56. The molecule has 0 aliphatic rings. The Bertz CT molecular complexity index is 501. The van der Waals surface area contributed by atoms with E-state index in [1.807, 2.05) is 24.3 Å². The highest BCUT2D eigenvalue weighted by Gasteiger charge is 2.09. The number of H-pyrrole nitrogens is 1. The minimum Gasteiger partial charge on any atom is -0.383 e. The van der Waals surface area contributed by atoms with Crippen LogP contribution >= 0.6 is 0 Å². The van der Waals surface area contributed by atoms with Gasteiger partial charge in [-0.2, -0.15) is 5.21 Å². The van der Waals surface area contributed by atoms with Gasteiger partial charge in [-0.05, 0) is 36.7 Å². The lowest BCUT2D eigenvalue weighted by molar-refractivity contribution is 0.182. The van der Waals surface area contributed by atoms with Crippen LogP contribution in [0.2, 0.25) is 0 Å². The van der Waals surface area contributed by atoms with Crippen molar-refractivity contribution in [1.29, 1.82) is 0 Å². The van der Waals surface area contributed by atoms with Crippen LogP contribution in [-0.4, -0.2) is 46.9 Å². The molecule has 0 fully saturated rings. The molecular weight excluding hydrogens is 256 g/mol. The quantitative estimate of drug-likeness (QED) is 0.665. The smallest absolute Gasteiger partial charge is 0.204 e. The van der Waals surface area contributed by atoms with Crippen molar-refractivity contribution in [1.82, 2.24) is 20.6 Å². The van der Waals surface area contributed by atoms with Gasteiger partial charge in [0, 0.05) is 24.4 Å². The van der Waals surface area contributed by atoms with E-state index >= 15 is 0 Å². The number of anilines is 1. The fourth-order valence-electron chi connectivity index (χ4n) is 2.03. The number of tetrazole rings is 1. The summed E-state index contributed by atoms with van der Waals surface area (Å²) in [5.41, 5.74) is 7.48. The molecule has 0 saturated carbocycles. The number of aromatic amines is 1. The first-order chi connectivity index (χ1) is 9.83. The number of nitrogens with two attached hydrogens (primary N) is 1. The summed E-state index contributed by atoms with van der Waals surface area (Å²) in [6.07, 6.45) is 1.93. The molecule has 2 aromatic rings. The molecule has 1 aromatic heterocycles. The van der Waals surface area contributed by atoms with Gasteiger partial charge in [-0.1, -0.05) is 12.1 Å². The summed E-state index contributed by atoms with van der Waals surface area (Å²) in [7, 11) is 1.70. The van der Waals surface area contributed by atoms with Gasteiger partial charge in [-0.25, -0.2) is 0 Å². The van der Waals surface area contributed by atoms with E-state index < -0.39 is 0 Å². The number of benzene rings is 1. The third-order valence-corrected chi connectivity index (χ3v) is 2.96. The van der Waals surface area contributed by atoms with Gasteiger partial charge >= 0.3 is 0 Å². The molecule has 20 heavy (non-hydrogen) atoms. The van der Waals surface area contributed by atoms with Crippen molar-refractivity contribution in [2.45, 2.75) is 18.9 Å². The molecule has 0 aliphatic carbocycles. The first-order valence-electron chi connectivity index (χ1n) is 6.63. The van der Waals surface area contributed by atoms with Crippen molar-refractivity contribution in [3.8, 4) is 11.4 Å². The van der Waals surface area contributed by atoms with Gasteiger partial charge in [0.2, 0.25) is 5.82 Å². The third-order valence-electron chi connectivity index (χ3n) is 2.96. The minimum absolute atomic E-state index is 0.240. The molecule has 1 atom stereocenters. The van der Waals surface area contributed by atoms with Crippen molar-refractivity contribution < 1.29 is 4.74 Å². The molecule has 1 unspecified atom stereocenters. The topological polar surface area (TPSA) is 102 Å². The molecular formula is C13H20N6O. The number of nitrogens with one attached hydrogen (secondary N) is 2. The van der Waals surface area contributed by atoms with Crippen LogP contribution in [0.3, 0.4) is 0 Å². The fraction of sp³-hybridized carbons (Fsp3) is 0.462. The Morgan fingerprint density at radius 2 is 2.35 bits per heavy atom. The van der Waals surface area contributed by atoms with Gasteiger partial charge in [0.15, 0.2) is 0 Å². The van der Waals surface area contributed by atoms with Crippen LogP contribution in [0.25, 0.3) is 11.4 Å². The minimum atomic E-state index is 0.240. The summed E-state index contributed by atoms with van der Waals surface area (Å²) in [6, 6.07) is 8.15. The van der Waals surface area contributed by atoms with Crippen LogP contribution in [0.1, 0.15) is 12.8 Å². The Morgan fingerprint density at radius 1 is 1.45 bits per heavy atom. The third kappa shape index (κ3) is 4.01. The average molecular weight is 276 g/mol. The van der Waals surface area contributed by atoms with Gasteiger partial charge < -0.3 is 15.8 Å². The number of methoxy groups -OCH3 is 1. The second kappa shape index (κ2) is 7.56. The first-order valence-corrected chi connectivity index (χ1v) is 6.63. The van der Waals surface area contributed by atoms with E-state index in [1.54, 1.807) is 7.11 Å². The Kier molecular flexibility index (Phi) is 5.45. The highest BCUT2D eigenvalue weighted by molar-refractivity contribution is 5.61. The molecule has 0 amide bonds. The lowest BCUT2D eigenvalue weighted by atomic mass is 10.1. The van der Waals surface area contributed by atoms with Crippen molar-refractivity contribution in [2.75, 3.05) is 25.6 Å². The molecule has 0 saturated heterocycles. The molecule has 1 aromatic carbocycles. The van der Waals surface area contributed by atoms with Crippen LogP contribution in [0.5, 0.6) is 0 Å². The van der Waals surface area contributed by atoms with E-state index in [1.165, 1.54) is 0 Å². The van der Waals surface area contributed by atoms with Crippen LogP contribution < -0.4 is 11.1 Å². The van der Waals surface area contributed by atoms with E-state index in [2.05, 4.69) is 25.9 Å². The fourth-order valence-corrected chi connectivity index (χ4v) is 2.03. The van der Waals surface area contributed by atoms with E-state index in [-0.39, 0.29) is 6.04 Å². The molecule has 0 aliphatic heterocycles. The Labute approximate surface area is 117 Å². The number of rotatable bonds is 8. The van der Waals surface area contributed by atoms with Gasteiger partial charge in [0.25, 0.3) is 0 Å². The number of hydrogen-bond acceptors (Lipinski definition) is 6. The predicted octanol–water partition coefficient (Wildman–Crippen LogP) is 1.03. The SMILES string of the molecule is COCC(CCCN)Nc1cccc(-c2nn[nH]n2)c1. The number of nitrogens with zero attached hydrogens (tertiary/aromatic N) is 3. The zero-order valence-corrected chi connectivity index (χ0v) is 11.5. The summed E-state index contributed by atoms with van der Waals surface area (Å²) in [6.45, 7) is 1.33. The van der Waals surface area contributed by atoms with Crippen molar-refractivity contribution in [3.05, 3.63) is 24.3 Å². The van der Waals surface area contributed by atoms with Crippen LogP contribution in [0.4, 0.5) is 5.69 Å². The second-order valence-corrected chi connectivity index (χ2v) is 4.54. The monoisotopic (exact) mass is 276 g/mol. The molecule has 0 bridgehead atoms. The lowest BCUT2D eigenvalue weighted by Gasteiger charge is -2.19. The molecule has 7 nitrogen and oxygen atoms in total. The van der Waals surface area contributed by atoms with Gasteiger partial charge in [-0.3, -0.25) is 0 Å². The summed E-state index contributed by atoms with van der Waals surface area (Å²) in [5, 5.41) is 17.4. The van der Waals surface area contributed by atoms with Gasteiger partial charge in [-0.15, -0.1) is 10.2 Å². The summed E-state index contributed by atoms with van der Waals surface area (Å²) < 4.78 is 5.23. The zero-order chi connectivity index (χ0) is 14.2. The van der Waals surface area contributed by atoms with Crippen molar-refractivity contribution in [2.24, 2.45) is 5.73 Å². The summed E-state index contributed by atoms with van der Waals surface area (Å²) in [5.74, 6) is 0.582. The van der Waals surface area contributed by atoms with Crippen LogP contribution in [-0.2, 0) is 4.74 Å². The maximum Gasteiger partial charge on any atom is 0.204 e. The Balaban J connectivity index is 2.05. The van der Waals surface area contributed by atoms with E-state index in [4.69, 9.17) is 10.5 Å². The average Bonchev–Trinajstić information content (AvgIpc) is 2.99. The molecule has 2 rings (SSSR count). The maximum atomic E-state index is 5.56. The largest absolute Gasteiger partial charge is 0.383 e. The van der Waals surface area contributed by atoms with E-state index in [0.717, 1.165) is 24.1 Å². The van der Waals surface area contributed by atoms with Gasteiger partial charge in [0.1, 0.15) is 0 Å². The molecule has 0 spiro atoms. The summed E-state index contributed by atoms with van der Waals surface area (Å²) in [4.78, 5) is 0. The molecule has 7 heteroatoms. The van der Waals surface area contributed by atoms with E-state index in [9.17, 15) is 0 Å². The van der Waals surface area contributed by atoms with Crippen molar-refractivity contribution >= 4 is 5.69 Å². The Hall–Kier alpha value is -1.99. The number of hydrogen-bond donors (Lipinski definition) is 3. The highest BCUT2D eigenvalue weighted by Crippen LogP contribution is 2.19. The first kappa shape index (κ1) is 14.4. The van der Waals surface area contributed by atoms with Gasteiger partial charge in [0.05, 0.1) is 6.61 Å². The summed E-state index contributed by atoms with van der Waals surface area (Å²) >= 11 is 0.